The lowest BCUT2D eigenvalue weighted by Gasteiger charge is -2.21. The molecular weight excluding hydrogens is 342 g/mol. The van der Waals surface area contributed by atoms with E-state index in [9.17, 15) is 14.0 Å². The number of hydroxylamine groups is 1. The van der Waals surface area contributed by atoms with E-state index < -0.39 is 22.9 Å². The summed E-state index contributed by atoms with van der Waals surface area (Å²) in [6.45, 7) is 3.45. The topological polar surface area (TPSA) is 97.5 Å². The molecule has 1 heterocycles. The molecule has 1 aliphatic rings. The zero-order chi connectivity index (χ0) is 19.4. The molecule has 1 aliphatic carbocycles. The number of halogens is 1. The van der Waals surface area contributed by atoms with Crippen LogP contribution >= 0.6 is 0 Å². The molecule has 3 N–H and O–H groups in total. The van der Waals surface area contributed by atoms with Crippen molar-refractivity contribution in [3.05, 3.63) is 56.7 Å². The van der Waals surface area contributed by atoms with Gasteiger partial charge in [0, 0.05) is 14.1 Å². The van der Waals surface area contributed by atoms with E-state index in [1.165, 1.54) is 20.2 Å². The molecule has 0 aliphatic heterocycles. The molecule has 0 spiro atoms. The summed E-state index contributed by atoms with van der Waals surface area (Å²) >= 11 is 0. The Morgan fingerprint density at radius 3 is 2.77 bits per heavy atom. The Balaban J connectivity index is 2.52. The zero-order valence-corrected chi connectivity index (χ0v) is 14.6. The van der Waals surface area contributed by atoms with Crippen molar-refractivity contribution < 1.29 is 14.3 Å². The van der Waals surface area contributed by atoms with E-state index in [1.807, 2.05) is 0 Å². The van der Waals surface area contributed by atoms with Crippen LogP contribution in [0.25, 0.3) is 5.70 Å². The first-order chi connectivity index (χ1) is 12.3. The molecule has 0 bridgehead atoms. The van der Waals surface area contributed by atoms with Crippen molar-refractivity contribution in [3.63, 3.8) is 0 Å². The fourth-order valence-electron chi connectivity index (χ4n) is 2.43. The average Bonchev–Trinajstić information content (AvgIpc) is 2.60. The van der Waals surface area contributed by atoms with Crippen LogP contribution in [0.1, 0.15) is 12.0 Å². The van der Waals surface area contributed by atoms with Crippen molar-refractivity contribution in [3.8, 4) is 0 Å². The Kier molecular flexibility index (Phi) is 6.22. The summed E-state index contributed by atoms with van der Waals surface area (Å²) in [5.41, 5.74) is 1.35. The second kappa shape index (κ2) is 8.20. The van der Waals surface area contributed by atoms with Crippen LogP contribution < -0.4 is 22.0 Å². The number of aromatic nitrogens is 2. The number of rotatable bonds is 7. The Morgan fingerprint density at radius 1 is 1.46 bits per heavy atom. The van der Waals surface area contributed by atoms with Crippen LogP contribution in [-0.2, 0) is 18.9 Å². The molecule has 0 saturated heterocycles. The lowest BCUT2D eigenvalue weighted by Crippen LogP contribution is -2.41. The van der Waals surface area contributed by atoms with E-state index in [1.54, 1.807) is 6.08 Å². The first kappa shape index (κ1) is 19.7. The van der Waals surface area contributed by atoms with Gasteiger partial charge in [-0.15, -0.1) is 0 Å². The number of nitrogens with one attached hydrogen (secondary N) is 2. The Bertz CT molecular complexity index is 887. The highest BCUT2D eigenvalue weighted by Crippen LogP contribution is 2.28. The second-order valence-corrected chi connectivity index (χ2v) is 5.75. The number of hydrogen-bond donors (Lipinski definition) is 3. The lowest BCUT2D eigenvalue weighted by molar-refractivity contribution is 0.0481. The fraction of sp³-hybridized carbons (Fsp3) is 0.375. The monoisotopic (exact) mass is 362 g/mol. The van der Waals surface area contributed by atoms with Gasteiger partial charge in [0.05, 0.1) is 32.5 Å². The molecular formula is C16H20BFN4O4. The molecule has 138 valence electrons. The molecule has 1 unspecified atom stereocenters. The molecule has 0 saturated carbocycles. The molecule has 0 aromatic carbocycles. The van der Waals surface area contributed by atoms with Crippen LogP contribution in [0.15, 0.2) is 39.8 Å². The highest BCUT2D eigenvalue weighted by molar-refractivity contribution is 6.13. The van der Waals surface area contributed by atoms with E-state index in [-0.39, 0.29) is 42.4 Å². The van der Waals surface area contributed by atoms with Crippen molar-refractivity contribution >= 4 is 19.4 Å². The molecule has 8 nitrogen and oxygen atoms in total. The summed E-state index contributed by atoms with van der Waals surface area (Å²) in [4.78, 5) is 29.8. The number of anilines is 1. The zero-order valence-electron chi connectivity index (χ0n) is 14.6. The molecule has 1 atom stereocenters. The van der Waals surface area contributed by atoms with Crippen LogP contribution in [0.3, 0.4) is 0 Å². The minimum Gasteiger partial charge on any atom is -0.394 e. The van der Waals surface area contributed by atoms with Gasteiger partial charge in [-0.3, -0.25) is 24.2 Å². The van der Waals surface area contributed by atoms with Gasteiger partial charge in [-0.25, -0.2) is 9.18 Å². The number of allylic oxidation sites excluding steroid dienone is 3. The highest BCUT2D eigenvalue weighted by Gasteiger charge is 2.21. The van der Waals surface area contributed by atoms with Gasteiger partial charge in [-0.1, -0.05) is 18.5 Å². The van der Waals surface area contributed by atoms with E-state index >= 15 is 0 Å². The fourth-order valence-corrected chi connectivity index (χ4v) is 2.43. The standard InChI is InChI=1S/C16H20BFN4O4/c1-9(20-26-7-6-23)13-14(21(2)16(25)22(3)15(13)24)19-12-5-4-10(17)8-11(12)18/h4-5,10,19-20,23H,1,6-8H2,2-3H3. The van der Waals surface area contributed by atoms with Crippen LogP contribution in [-0.4, -0.2) is 35.3 Å². The number of aliphatic hydroxyl groups is 1. The SMILES string of the molecule is [B]C1C=CC(Nc2c(C(=C)NOCCO)c(=O)n(C)c(=O)n2C)=C(F)C1. The highest BCUT2D eigenvalue weighted by atomic mass is 19.1. The Morgan fingerprint density at radius 2 is 2.15 bits per heavy atom. The van der Waals surface area contributed by atoms with Crippen LogP contribution in [0.2, 0.25) is 5.82 Å². The largest absolute Gasteiger partial charge is 0.394 e. The maximum Gasteiger partial charge on any atom is 0.332 e. The van der Waals surface area contributed by atoms with E-state index in [0.717, 1.165) is 9.13 Å². The molecule has 0 fully saturated rings. The minimum atomic E-state index is -0.641. The van der Waals surface area contributed by atoms with E-state index in [0.29, 0.717) is 0 Å². The maximum absolute atomic E-state index is 14.2. The molecule has 2 rings (SSSR count). The molecule has 1 aromatic rings. The summed E-state index contributed by atoms with van der Waals surface area (Å²) in [5.74, 6) is -0.876. The van der Waals surface area contributed by atoms with Gasteiger partial charge in [-0.2, -0.15) is 0 Å². The van der Waals surface area contributed by atoms with Crippen molar-refractivity contribution in [2.45, 2.75) is 12.2 Å². The van der Waals surface area contributed by atoms with Crippen LogP contribution in [0, 0.1) is 0 Å². The molecule has 26 heavy (non-hydrogen) atoms. The lowest BCUT2D eigenvalue weighted by atomic mass is 9.81. The van der Waals surface area contributed by atoms with E-state index in [2.05, 4.69) is 17.4 Å². The number of hydrogen-bond acceptors (Lipinski definition) is 6. The molecule has 2 radical (unpaired) electrons. The Hall–Kier alpha value is -2.59. The first-order valence-corrected chi connectivity index (χ1v) is 7.85. The van der Waals surface area contributed by atoms with Crippen molar-refractivity contribution in [2.75, 3.05) is 18.5 Å². The molecule has 10 heteroatoms. The predicted octanol–water partition coefficient (Wildman–Crippen LogP) is 0.0781. The van der Waals surface area contributed by atoms with Crippen molar-refractivity contribution in [1.82, 2.24) is 14.6 Å². The molecule has 0 amide bonds. The minimum absolute atomic E-state index is 0.00360. The third-order valence-corrected chi connectivity index (χ3v) is 3.83. The molecule has 1 aromatic heterocycles. The quantitative estimate of drug-likeness (QED) is 0.361. The summed E-state index contributed by atoms with van der Waals surface area (Å²) in [6.07, 6.45) is 3.07. The summed E-state index contributed by atoms with van der Waals surface area (Å²) in [6, 6.07) is 0. The van der Waals surface area contributed by atoms with Crippen LogP contribution in [0.4, 0.5) is 10.2 Å². The summed E-state index contributed by atoms with van der Waals surface area (Å²) in [5, 5.41) is 11.5. The van der Waals surface area contributed by atoms with Gasteiger partial charge in [-0.05, 0) is 12.5 Å². The number of aliphatic hydroxyl groups excluding tert-OH is 1. The van der Waals surface area contributed by atoms with Gasteiger partial charge in [0.25, 0.3) is 5.56 Å². The summed E-state index contributed by atoms with van der Waals surface area (Å²) < 4.78 is 16.3. The van der Waals surface area contributed by atoms with Gasteiger partial charge in [0.15, 0.2) is 0 Å². The normalized spacial score (nSPS) is 16.7. The van der Waals surface area contributed by atoms with Gasteiger partial charge in [0.2, 0.25) is 0 Å². The first-order valence-electron chi connectivity index (χ1n) is 7.85. The third kappa shape index (κ3) is 3.97. The third-order valence-electron chi connectivity index (χ3n) is 3.83. The van der Waals surface area contributed by atoms with Gasteiger partial charge in [0.1, 0.15) is 17.2 Å². The smallest absolute Gasteiger partial charge is 0.332 e. The van der Waals surface area contributed by atoms with Gasteiger partial charge >= 0.3 is 5.69 Å². The number of nitrogens with zero attached hydrogens (tertiary/aromatic N) is 2. The Labute approximate surface area is 150 Å². The average molecular weight is 362 g/mol. The van der Waals surface area contributed by atoms with Crippen LogP contribution in [0.5, 0.6) is 0 Å². The second-order valence-electron chi connectivity index (χ2n) is 5.75. The van der Waals surface area contributed by atoms with Gasteiger partial charge < -0.3 is 10.4 Å². The van der Waals surface area contributed by atoms with E-state index in [4.69, 9.17) is 17.8 Å². The maximum atomic E-state index is 14.2. The predicted molar refractivity (Wildman–Crippen MR) is 97.1 cm³/mol. The van der Waals surface area contributed by atoms with Crippen molar-refractivity contribution in [1.29, 1.82) is 0 Å². The summed E-state index contributed by atoms with van der Waals surface area (Å²) in [7, 11) is 8.42. The van der Waals surface area contributed by atoms with Crippen molar-refractivity contribution in [2.24, 2.45) is 14.1 Å².